The van der Waals surface area contributed by atoms with Gasteiger partial charge >= 0.3 is 5.69 Å². The van der Waals surface area contributed by atoms with E-state index in [1.807, 2.05) is 4.98 Å². The molecule has 2 saturated heterocycles. The van der Waals surface area contributed by atoms with Gasteiger partial charge < -0.3 is 15.0 Å². The molecule has 7 nitrogen and oxygen atoms in total. The van der Waals surface area contributed by atoms with E-state index in [2.05, 4.69) is 17.2 Å². The Hall–Kier alpha value is -3.40. The minimum absolute atomic E-state index is 0.0790. The molecular formula is C24H26F3N3O4. The van der Waals surface area contributed by atoms with Gasteiger partial charge in [-0.2, -0.15) is 0 Å². The molecule has 1 aromatic heterocycles. The van der Waals surface area contributed by atoms with E-state index in [1.54, 1.807) is 0 Å². The number of hydrogen-bond donors (Lipinski definition) is 3. The zero-order valence-corrected chi connectivity index (χ0v) is 18.6. The molecule has 1 amide bonds. The summed E-state index contributed by atoms with van der Waals surface area (Å²) in [6.07, 6.45) is 7.64. The Morgan fingerprint density at radius 3 is 2.29 bits per heavy atom. The Balaban J connectivity index is 0.000000145. The molecule has 0 saturated carbocycles. The lowest BCUT2D eigenvalue weighted by Gasteiger charge is -2.21. The van der Waals surface area contributed by atoms with Gasteiger partial charge in [-0.05, 0) is 56.4 Å². The van der Waals surface area contributed by atoms with Gasteiger partial charge in [0.2, 0.25) is 6.41 Å². The second-order valence-corrected chi connectivity index (χ2v) is 8.19. The summed E-state index contributed by atoms with van der Waals surface area (Å²) in [6.45, 7) is 2.32. The van der Waals surface area contributed by atoms with Crippen molar-refractivity contribution in [1.29, 1.82) is 0 Å². The summed E-state index contributed by atoms with van der Waals surface area (Å²) in [4.78, 5) is 36.1. The molecule has 0 radical (unpaired) electrons. The van der Waals surface area contributed by atoms with Crippen molar-refractivity contribution >= 4 is 17.3 Å². The Morgan fingerprint density at radius 1 is 1.06 bits per heavy atom. The Morgan fingerprint density at radius 2 is 1.74 bits per heavy atom. The van der Waals surface area contributed by atoms with E-state index in [-0.39, 0.29) is 17.5 Å². The number of fused-ring (bicyclic) bond motifs is 3. The Kier molecular flexibility index (Phi) is 8.27. The van der Waals surface area contributed by atoms with Gasteiger partial charge in [-0.15, -0.1) is 0 Å². The fourth-order valence-corrected chi connectivity index (χ4v) is 4.10. The van der Waals surface area contributed by atoms with Crippen molar-refractivity contribution in [1.82, 2.24) is 15.3 Å². The van der Waals surface area contributed by atoms with Crippen molar-refractivity contribution in [3.05, 3.63) is 80.3 Å². The van der Waals surface area contributed by atoms with Gasteiger partial charge in [0.05, 0.1) is 22.6 Å². The quantitative estimate of drug-likeness (QED) is 0.499. The van der Waals surface area contributed by atoms with Crippen molar-refractivity contribution in [2.24, 2.45) is 0 Å². The number of rotatable bonds is 4. The second-order valence-electron chi connectivity index (χ2n) is 8.19. The van der Waals surface area contributed by atoms with Crippen LogP contribution in [0.2, 0.25) is 0 Å². The third-order valence-corrected chi connectivity index (χ3v) is 6.00. The van der Waals surface area contributed by atoms with Crippen LogP contribution in [0.25, 0.3) is 10.9 Å². The van der Waals surface area contributed by atoms with E-state index in [1.165, 1.54) is 50.3 Å². The number of H-pyrrole nitrogens is 2. The van der Waals surface area contributed by atoms with Crippen LogP contribution in [0.15, 0.2) is 46.0 Å². The zero-order chi connectivity index (χ0) is 24.7. The molecule has 2 aliphatic heterocycles. The van der Waals surface area contributed by atoms with Crippen LogP contribution >= 0.6 is 0 Å². The lowest BCUT2D eigenvalue weighted by molar-refractivity contribution is -0.109. The first-order chi connectivity index (χ1) is 16.2. The molecule has 34 heavy (non-hydrogen) atoms. The van der Waals surface area contributed by atoms with Gasteiger partial charge in [-0.1, -0.05) is 13.0 Å². The van der Waals surface area contributed by atoms with E-state index in [9.17, 15) is 27.6 Å². The lowest BCUT2D eigenvalue weighted by atomic mass is 9.87. The molecule has 0 unspecified atom stereocenters. The number of carbonyl (C=O) groups is 1. The Labute approximate surface area is 193 Å². The van der Waals surface area contributed by atoms with Crippen LogP contribution in [0.3, 0.4) is 0 Å². The van der Waals surface area contributed by atoms with E-state index in [4.69, 9.17) is 4.74 Å². The predicted molar refractivity (Wildman–Crippen MR) is 121 cm³/mol. The largest absolute Gasteiger partial charge is 0.372 e. The van der Waals surface area contributed by atoms with Gasteiger partial charge in [-0.3, -0.25) is 14.6 Å². The average Bonchev–Trinajstić information content (AvgIpc) is 3.42. The summed E-state index contributed by atoms with van der Waals surface area (Å²) in [5.41, 5.74) is -0.231. The van der Waals surface area contributed by atoms with Crippen LogP contribution in [0.1, 0.15) is 44.6 Å². The minimum Gasteiger partial charge on any atom is -0.372 e. The summed E-state index contributed by atoms with van der Waals surface area (Å²) in [6, 6.07) is 6.82. The molecule has 2 aromatic carbocycles. The van der Waals surface area contributed by atoms with Gasteiger partial charge in [-0.25, -0.2) is 18.0 Å². The summed E-state index contributed by atoms with van der Waals surface area (Å²) in [7, 11) is 0. The summed E-state index contributed by atoms with van der Waals surface area (Å²) in [5, 5.41) is 2.42. The number of amides is 1. The van der Waals surface area contributed by atoms with Gasteiger partial charge in [0, 0.05) is 18.2 Å². The van der Waals surface area contributed by atoms with E-state index < -0.39 is 28.7 Å². The number of benzene rings is 2. The van der Waals surface area contributed by atoms with Crippen LogP contribution < -0.4 is 16.6 Å². The number of hydrogen-bond acceptors (Lipinski definition) is 4. The smallest absolute Gasteiger partial charge is 0.326 e. The number of aromatic amines is 2. The highest BCUT2D eigenvalue weighted by atomic mass is 19.1. The van der Waals surface area contributed by atoms with E-state index in [0.717, 1.165) is 18.2 Å². The van der Waals surface area contributed by atoms with Crippen molar-refractivity contribution in [2.75, 3.05) is 0 Å². The molecule has 2 aliphatic rings. The maximum Gasteiger partial charge on any atom is 0.326 e. The summed E-state index contributed by atoms with van der Waals surface area (Å²) >= 11 is 0. The van der Waals surface area contributed by atoms with Crippen LogP contribution in [0.4, 0.5) is 13.2 Å². The highest BCUT2D eigenvalue weighted by molar-refractivity contribution is 5.76. The van der Waals surface area contributed by atoms with E-state index >= 15 is 0 Å². The number of aromatic nitrogens is 2. The number of ether oxygens (including phenoxy) is 1. The number of carbonyl (C=O) groups excluding carboxylic acids is 1. The van der Waals surface area contributed by atoms with Crippen LogP contribution in [-0.2, 0) is 16.1 Å². The molecule has 2 fully saturated rings. The second kappa shape index (κ2) is 11.1. The molecule has 3 aromatic rings. The summed E-state index contributed by atoms with van der Waals surface area (Å²) < 4.78 is 43.6. The average molecular weight is 477 g/mol. The molecular weight excluding hydrogens is 451 g/mol. The third kappa shape index (κ3) is 6.34. The molecule has 0 spiro atoms. The fraction of sp³-hybridized carbons (Fsp3) is 0.375. The summed E-state index contributed by atoms with van der Waals surface area (Å²) in [5.74, 6) is -1.78. The number of nitrogens with one attached hydrogen (secondary N) is 3. The molecule has 3 N–H and O–H groups in total. The normalized spacial score (nSPS) is 20.2. The molecule has 0 aliphatic carbocycles. The topological polar surface area (TPSA) is 104 Å². The maximum atomic E-state index is 12.8. The fourth-order valence-electron chi connectivity index (χ4n) is 4.10. The minimum atomic E-state index is -0.649. The van der Waals surface area contributed by atoms with Crippen LogP contribution in [-0.4, -0.2) is 28.1 Å². The lowest BCUT2D eigenvalue weighted by Crippen LogP contribution is -2.22. The molecule has 5 rings (SSSR count). The standard InChI is InChI=1S/C8H7F2NO.C8H5FN2O2.C8H14O/c9-7-2-1-6(4-11-5-12)8(10)3-7;9-4-1-2-6-5(3-4)7(12)11-8(13)10-6;1-2-8-5-3-7(9-8)4-6-8/h1-3,5H,4H2,(H,11,12);1-3H,(H2,10,11,12,13);7H,2-6H2,1H3. The van der Waals surface area contributed by atoms with Crippen molar-refractivity contribution in [3.8, 4) is 0 Å². The molecule has 182 valence electrons. The monoisotopic (exact) mass is 477 g/mol. The molecule has 3 heterocycles. The van der Waals surface area contributed by atoms with Gasteiger partial charge in [0.1, 0.15) is 17.5 Å². The Bertz CT molecular complexity index is 1250. The van der Waals surface area contributed by atoms with Crippen molar-refractivity contribution in [3.63, 3.8) is 0 Å². The highest BCUT2D eigenvalue weighted by Gasteiger charge is 2.44. The third-order valence-electron chi connectivity index (χ3n) is 6.00. The van der Waals surface area contributed by atoms with Crippen LogP contribution in [0, 0.1) is 17.5 Å². The van der Waals surface area contributed by atoms with Crippen LogP contribution in [0.5, 0.6) is 0 Å². The van der Waals surface area contributed by atoms with Gasteiger partial charge in [0.25, 0.3) is 5.56 Å². The van der Waals surface area contributed by atoms with Crippen molar-refractivity contribution in [2.45, 2.75) is 57.3 Å². The first-order valence-electron chi connectivity index (χ1n) is 11.0. The first-order valence-corrected chi connectivity index (χ1v) is 11.0. The van der Waals surface area contributed by atoms with E-state index in [0.29, 0.717) is 23.6 Å². The molecule has 0 atom stereocenters. The predicted octanol–water partition coefficient (Wildman–Crippen LogP) is 3.67. The zero-order valence-electron chi connectivity index (χ0n) is 18.6. The highest BCUT2D eigenvalue weighted by Crippen LogP contribution is 2.45. The van der Waals surface area contributed by atoms with Crippen molar-refractivity contribution < 1.29 is 22.7 Å². The number of halogens is 3. The van der Waals surface area contributed by atoms with Gasteiger partial charge in [0.15, 0.2) is 0 Å². The maximum absolute atomic E-state index is 12.8. The molecule has 2 bridgehead atoms. The SMILES string of the molecule is CCC12CCC(CC1)O2.O=CNCc1ccc(F)cc1F.O=c1[nH]c(=O)c2cc(F)ccc2[nH]1. The first kappa shape index (κ1) is 25.2. The molecule has 10 heteroatoms.